The molecule has 3 aromatic rings. The van der Waals surface area contributed by atoms with Crippen molar-refractivity contribution < 1.29 is 4.74 Å². The molecule has 0 aliphatic heterocycles. The lowest BCUT2D eigenvalue weighted by Crippen LogP contribution is -2.06. The first-order valence-corrected chi connectivity index (χ1v) is 7.21. The molecule has 1 aromatic heterocycles. The summed E-state index contributed by atoms with van der Waals surface area (Å²) in [7, 11) is 1.65. The first-order chi connectivity index (χ1) is 10.7. The SMILES string of the molecule is COc1ccc(C)cc1Cn1nnc(-c2ccc(Cl)cc2)n1. The Morgan fingerprint density at radius 3 is 2.64 bits per heavy atom. The van der Waals surface area contributed by atoms with Crippen molar-refractivity contribution in [2.24, 2.45) is 0 Å². The van der Waals surface area contributed by atoms with Crippen LogP contribution in [0.1, 0.15) is 11.1 Å². The molecule has 3 rings (SSSR count). The number of aryl methyl sites for hydroxylation is 1. The van der Waals surface area contributed by atoms with E-state index in [2.05, 4.69) is 21.5 Å². The standard InChI is InChI=1S/C16H15ClN4O/c1-11-3-8-15(22-2)13(9-11)10-21-19-16(18-20-21)12-4-6-14(17)7-5-12/h3-9H,10H2,1-2H3. The van der Waals surface area contributed by atoms with E-state index in [4.69, 9.17) is 16.3 Å². The molecule has 5 nitrogen and oxygen atoms in total. The summed E-state index contributed by atoms with van der Waals surface area (Å²) in [5.74, 6) is 1.39. The van der Waals surface area contributed by atoms with Gasteiger partial charge in [0.15, 0.2) is 0 Å². The van der Waals surface area contributed by atoms with Crippen LogP contribution in [-0.2, 0) is 6.54 Å². The Kier molecular flexibility index (Phi) is 4.06. The molecular weight excluding hydrogens is 300 g/mol. The number of benzene rings is 2. The molecule has 0 amide bonds. The van der Waals surface area contributed by atoms with Crippen LogP contribution in [0.3, 0.4) is 0 Å². The molecule has 0 saturated carbocycles. The number of halogens is 1. The number of nitrogens with zero attached hydrogens (tertiary/aromatic N) is 4. The number of rotatable bonds is 4. The molecule has 0 radical (unpaired) electrons. The first kappa shape index (κ1) is 14.5. The zero-order valence-corrected chi connectivity index (χ0v) is 13.1. The number of aromatic nitrogens is 4. The summed E-state index contributed by atoms with van der Waals surface area (Å²) in [6, 6.07) is 13.4. The van der Waals surface area contributed by atoms with Gasteiger partial charge < -0.3 is 4.74 Å². The molecule has 112 valence electrons. The molecule has 6 heteroatoms. The molecule has 0 unspecified atom stereocenters. The van der Waals surface area contributed by atoms with Crippen molar-refractivity contribution in [3.8, 4) is 17.1 Å². The van der Waals surface area contributed by atoms with Gasteiger partial charge in [0.25, 0.3) is 0 Å². The maximum Gasteiger partial charge on any atom is 0.204 e. The summed E-state index contributed by atoms with van der Waals surface area (Å²) in [6.07, 6.45) is 0. The van der Waals surface area contributed by atoms with Crippen molar-refractivity contribution in [1.82, 2.24) is 20.2 Å². The van der Waals surface area contributed by atoms with E-state index in [1.807, 2.05) is 31.2 Å². The smallest absolute Gasteiger partial charge is 0.204 e. The van der Waals surface area contributed by atoms with E-state index in [1.54, 1.807) is 24.0 Å². The van der Waals surface area contributed by atoms with Crippen molar-refractivity contribution in [3.05, 3.63) is 58.6 Å². The van der Waals surface area contributed by atoms with Crippen LogP contribution in [0.2, 0.25) is 5.02 Å². The molecule has 22 heavy (non-hydrogen) atoms. The number of ether oxygens (including phenoxy) is 1. The average molecular weight is 315 g/mol. The van der Waals surface area contributed by atoms with Crippen LogP contribution in [0.15, 0.2) is 42.5 Å². The summed E-state index contributed by atoms with van der Waals surface area (Å²) >= 11 is 5.88. The second-order valence-electron chi connectivity index (χ2n) is 4.97. The van der Waals surface area contributed by atoms with Crippen molar-refractivity contribution >= 4 is 11.6 Å². The van der Waals surface area contributed by atoms with E-state index >= 15 is 0 Å². The summed E-state index contributed by atoms with van der Waals surface area (Å²) in [5, 5.41) is 13.3. The highest BCUT2D eigenvalue weighted by Gasteiger charge is 2.09. The van der Waals surface area contributed by atoms with Gasteiger partial charge in [-0.2, -0.15) is 4.80 Å². The van der Waals surface area contributed by atoms with Crippen molar-refractivity contribution in [1.29, 1.82) is 0 Å². The quantitative estimate of drug-likeness (QED) is 0.741. The molecule has 0 atom stereocenters. The Labute approximate surface area is 133 Å². The zero-order chi connectivity index (χ0) is 15.5. The van der Waals surface area contributed by atoms with Gasteiger partial charge in [0.2, 0.25) is 5.82 Å². The molecule has 0 spiro atoms. The highest BCUT2D eigenvalue weighted by atomic mass is 35.5. The predicted molar refractivity (Wildman–Crippen MR) is 85.1 cm³/mol. The van der Waals surface area contributed by atoms with Gasteiger partial charge in [0.1, 0.15) is 5.75 Å². The number of tetrazole rings is 1. The molecule has 1 heterocycles. The van der Waals surface area contributed by atoms with E-state index in [9.17, 15) is 0 Å². The minimum absolute atomic E-state index is 0.505. The molecule has 0 aliphatic carbocycles. The topological polar surface area (TPSA) is 52.8 Å². The summed E-state index contributed by atoms with van der Waals surface area (Å²) in [4.78, 5) is 1.56. The average Bonchev–Trinajstić information content (AvgIpc) is 2.97. The molecule has 0 bridgehead atoms. The minimum atomic E-state index is 0.505. The van der Waals surface area contributed by atoms with Gasteiger partial charge >= 0.3 is 0 Å². The largest absolute Gasteiger partial charge is 0.496 e. The van der Waals surface area contributed by atoms with Gasteiger partial charge in [0, 0.05) is 16.1 Å². The van der Waals surface area contributed by atoms with Gasteiger partial charge in [-0.25, -0.2) is 0 Å². The summed E-state index contributed by atoms with van der Waals surface area (Å²) in [6.45, 7) is 2.54. The summed E-state index contributed by atoms with van der Waals surface area (Å²) < 4.78 is 5.37. The van der Waals surface area contributed by atoms with E-state index in [0.29, 0.717) is 17.4 Å². The van der Waals surface area contributed by atoms with Crippen LogP contribution >= 0.6 is 11.6 Å². The lowest BCUT2D eigenvalue weighted by Gasteiger charge is -2.08. The molecule has 0 fully saturated rings. The Morgan fingerprint density at radius 1 is 1.14 bits per heavy atom. The Bertz CT molecular complexity index is 783. The van der Waals surface area contributed by atoms with Crippen molar-refractivity contribution in [3.63, 3.8) is 0 Å². The monoisotopic (exact) mass is 314 g/mol. The number of hydrogen-bond acceptors (Lipinski definition) is 4. The Balaban J connectivity index is 1.85. The van der Waals surface area contributed by atoms with Gasteiger partial charge in [-0.05, 0) is 42.5 Å². The molecule has 2 aromatic carbocycles. The predicted octanol–water partition coefficient (Wildman–Crippen LogP) is 3.36. The van der Waals surface area contributed by atoms with E-state index in [0.717, 1.165) is 22.4 Å². The van der Waals surface area contributed by atoms with Crippen molar-refractivity contribution in [2.75, 3.05) is 7.11 Å². The molecular formula is C16H15ClN4O. The first-order valence-electron chi connectivity index (χ1n) is 6.83. The molecule has 0 N–H and O–H groups in total. The third-order valence-corrected chi connectivity index (χ3v) is 3.55. The fourth-order valence-corrected chi connectivity index (χ4v) is 2.33. The maximum atomic E-state index is 5.88. The second-order valence-corrected chi connectivity index (χ2v) is 5.40. The third kappa shape index (κ3) is 3.09. The molecule has 0 saturated heterocycles. The van der Waals surface area contributed by atoms with Crippen molar-refractivity contribution in [2.45, 2.75) is 13.5 Å². The van der Waals surface area contributed by atoms with Crippen LogP contribution in [0.5, 0.6) is 5.75 Å². The highest BCUT2D eigenvalue weighted by Crippen LogP contribution is 2.21. The van der Waals surface area contributed by atoms with Crippen LogP contribution in [0.25, 0.3) is 11.4 Å². The van der Waals surface area contributed by atoms with Crippen LogP contribution in [0, 0.1) is 6.92 Å². The Morgan fingerprint density at radius 2 is 1.91 bits per heavy atom. The zero-order valence-electron chi connectivity index (χ0n) is 12.3. The van der Waals surface area contributed by atoms with Crippen LogP contribution in [-0.4, -0.2) is 27.3 Å². The van der Waals surface area contributed by atoms with Crippen LogP contribution in [0.4, 0.5) is 0 Å². The Hall–Kier alpha value is -2.40. The van der Waals surface area contributed by atoms with E-state index < -0.39 is 0 Å². The minimum Gasteiger partial charge on any atom is -0.496 e. The number of hydrogen-bond donors (Lipinski definition) is 0. The van der Waals surface area contributed by atoms with Crippen LogP contribution < -0.4 is 4.74 Å². The van der Waals surface area contributed by atoms with E-state index in [-0.39, 0.29) is 0 Å². The third-order valence-electron chi connectivity index (χ3n) is 3.30. The van der Waals surface area contributed by atoms with Gasteiger partial charge in [-0.15, -0.1) is 10.2 Å². The fraction of sp³-hybridized carbons (Fsp3) is 0.188. The lowest BCUT2D eigenvalue weighted by molar-refractivity contribution is 0.405. The normalized spacial score (nSPS) is 10.7. The van der Waals surface area contributed by atoms with Gasteiger partial charge in [-0.1, -0.05) is 29.3 Å². The van der Waals surface area contributed by atoms with Gasteiger partial charge in [0.05, 0.1) is 13.7 Å². The number of methoxy groups -OCH3 is 1. The highest BCUT2D eigenvalue weighted by molar-refractivity contribution is 6.30. The fourth-order valence-electron chi connectivity index (χ4n) is 2.21. The lowest BCUT2D eigenvalue weighted by atomic mass is 10.1. The second kappa shape index (κ2) is 6.15. The van der Waals surface area contributed by atoms with Gasteiger partial charge in [-0.3, -0.25) is 0 Å². The van der Waals surface area contributed by atoms with E-state index in [1.165, 1.54) is 0 Å². The maximum absolute atomic E-state index is 5.88. The summed E-state index contributed by atoms with van der Waals surface area (Å²) in [5.41, 5.74) is 3.06. The molecule has 0 aliphatic rings.